The Hall–Kier alpha value is -1.82. The predicted molar refractivity (Wildman–Crippen MR) is 159 cm³/mol. The number of hydrogen-bond donors (Lipinski definition) is 0. The second kappa shape index (κ2) is 11.9. The SMILES string of the molecule is C[C@@H]1C[C@@H]2C(c3ccccn3)=CC=C[C@@H]2C1[Si](C)(C)N1c2ccccc2[N-]c2ccccc21.[CH3-].[Cl][Ti][Cl]. The summed E-state index contributed by atoms with van der Waals surface area (Å²) in [5.74, 6) is 1.73. The summed E-state index contributed by atoms with van der Waals surface area (Å²) in [6.07, 6.45) is 10.2. The number of benzene rings is 2. The third kappa shape index (κ3) is 5.24. The molecule has 0 radical (unpaired) electrons. The molecule has 37 heavy (non-hydrogen) atoms. The van der Waals surface area contributed by atoms with E-state index in [1.165, 1.54) is 23.4 Å². The molecule has 1 unspecified atom stereocenters. The van der Waals surface area contributed by atoms with E-state index in [4.69, 9.17) is 28.9 Å². The van der Waals surface area contributed by atoms with Crippen LogP contribution in [0.3, 0.4) is 0 Å². The number of aromatic nitrogens is 1. The Kier molecular flexibility index (Phi) is 9.09. The van der Waals surface area contributed by atoms with E-state index in [1.807, 2.05) is 12.3 Å². The van der Waals surface area contributed by atoms with Crippen LogP contribution < -0.4 is 4.57 Å². The first kappa shape index (κ1) is 28.2. The first-order chi connectivity index (χ1) is 17.5. The molecule has 2 aromatic carbocycles. The van der Waals surface area contributed by atoms with Crippen molar-refractivity contribution >= 4 is 55.2 Å². The van der Waals surface area contributed by atoms with Crippen LogP contribution in [0.15, 0.2) is 91.2 Å². The van der Waals surface area contributed by atoms with Gasteiger partial charge in [-0.15, -0.1) is 11.4 Å². The van der Waals surface area contributed by atoms with E-state index in [0.717, 1.165) is 17.1 Å². The van der Waals surface area contributed by atoms with Crippen molar-refractivity contribution in [2.24, 2.45) is 17.8 Å². The number of hydrogen-bond acceptors (Lipinski definition) is 2. The van der Waals surface area contributed by atoms with Gasteiger partial charge in [-0.25, -0.2) is 0 Å². The van der Waals surface area contributed by atoms with Gasteiger partial charge in [-0.3, -0.25) is 4.98 Å². The van der Waals surface area contributed by atoms with Gasteiger partial charge in [0.25, 0.3) is 0 Å². The number of nitrogens with zero attached hydrogens (tertiary/aromatic N) is 3. The molecular formula is C30H33Cl2N3SiTi-2. The number of fused-ring (bicyclic) bond motifs is 3. The van der Waals surface area contributed by atoms with Crippen LogP contribution in [0, 0.1) is 25.2 Å². The summed E-state index contributed by atoms with van der Waals surface area (Å²) in [5, 5.41) is 5.00. The number of para-hydroxylation sites is 4. The van der Waals surface area contributed by atoms with Crippen molar-refractivity contribution in [1.29, 1.82) is 0 Å². The number of halogens is 2. The third-order valence-corrected chi connectivity index (χ3v) is 12.2. The van der Waals surface area contributed by atoms with E-state index < -0.39 is 25.3 Å². The summed E-state index contributed by atoms with van der Waals surface area (Å²) >= 11 is -0.556. The van der Waals surface area contributed by atoms with Gasteiger partial charge in [0, 0.05) is 17.6 Å². The van der Waals surface area contributed by atoms with E-state index in [2.05, 4.69) is 103 Å². The molecule has 4 atom stereocenters. The average molecular weight is 582 g/mol. The molecule has 3 nitrogen and oxygen atoms in total. The zero-order chi connectivity index (χ0) is 25.3. The predicted octanol–water partition coefficient (Wildman–Crippen LogP) is 10.2. The van der Waals surface area contributed by atoms with Crippen LogP contribution in [-0.2, 0) is 17.0 Å². The number of pyridine rings is 1. The van der Waals surface area contributed by atoms with Crippen molar-refractivity contribution in [3.05, 3.63) is 110 Å². The zero-order valence-electron chi connectivity index (χ0n) is 21.8. The molecule has 2 aliphatic carbocycles. The number of rotatable bonds is 3. The molecule has 0 N–H and O–H groups in total. The Labute approximate surface area is 239 Å². The van der Waals surface area contributed by atoms with Crippen molar-refractivity contribution < 1.29 is 17.0 Å². The summed E-state index contributed by atoms with van der Waals surface area (Å²) in [5.41, 5.74) is 7.89. The maximum atomic E-state index is 5.00. The van der Waals surface area contributed by atoms with E-state index in [0.29, 0.717) is 23.3 Å². The molecule has 2 heterocycles. The fraction of sp³-hybridized carbons (Fsp3) is 0.267. The first-order valence-corrected chi connectivity index (χ1v) is 19.8. The summed E-state index contributed by atoms with van der Waals surface area (Å²) in [7, 11) is 7.78. The Morgan fingerprint density at radius 1 is 0.946 bits per heavy atom. The maximum absolute atomic E-state index is 5.00. The van der Waals surface area contributed by atoms with Crippen LogP contribution in [0.1, 0.15) is 19.0 Å². The molecule has 1 aliphatic heterocycles. The van der Waals surface area contributed by atoms with Crippen LogP contribution in [0.2, 0.25) is 18.6 Å². The molecule has 0 amide bonds. The average Bonchev–Trinajstić information content (AvgIpc) is 3.24. The van der Waals surface area contributed by atoms with Gasteiger partial charge in [0.2, 0.25) is 0 Å². The fourth-order valence-electron chi connectivity index (χ4n) is 6.83. The van der Waals surface area contributed by atoms with Crippen LogP contribution >= 0.6 is 18.6 Å². The van der Waals surface area contributed by atoms with Crippen molar-refractivity contribution in [1.82, 2.24) is 4.98 Å². The quantitative estimate of drug-likeness (QED) is 0.227. The van der Waals surface area contributed by atoms with Crippen molar-refractivity contribution in [2.45, 2.75) is 32.0 Å². The molecule has 7 heteroatoms. The van der Waals surface area contributed by atoms with Crippen molar-refractivity contribution in [2.75, 3.05) is 4.57 Å². The zero-order valence-corrected chi connectivity index (χ0v) is 25.8. The van der Waals surface area contributed by atoms with Gasteiger partial charge < -0.3 is 17.3 Å². The Bertz CT molecular complexity index is 1240. The topological polar surface area (TPSA) is 30.2 Å². The van der Waals surface area contributed by atoms with Gasteiger partial charge in [-0.2, -0.15) is 0 Å². The molecule has 0 bridgehead atoms. The Morgan fingerprint density at radius 2 is 1.54 bits per heavy atom. The van der Waals surface area contributed by atoms with Crippen molar-refractivity contribution in [3.8, 4) is 0 Å². The standard InChI is InChI=1S/C29H30N3Si.CH3.2ClH.Ti/c1-20-19-23-21(24-13-8-9-18-30-24)11-10-12-22(23)29(20)33(2,3)32-27-16-6-4-14-25(27)31-26-15-5-7-17-28(26)32;;;;/h4-18,20,22-23,29H,19H2,1-3H3;1H3;2*1H;/q2*-1;;;+2/p-2/t20-,22+,23-,29?;;;;/m1..../s1. The molecule has 1 aromatic heterocycles. The van der Waals surface area contributed by atoms with Crippen LogP contribution in [0.5, 0.6) is 0 Å². The van der Waals surface area contributed by atoms with Gasteiger partial charge in [0.15, 0.2) is 8.24 Å². The minimum absolute atomic E-state index is 0. The number of allylic oxidation sites excluding steroid dienone is 4. The van der Waals surface area contributed by atoms with E-state index in [9.17, 15) is 0 Å². The summed E-state index contributed by atoms with van der Waals surface area (Å²) in [4.78, 5) is 4.71. The second-order valence-corrected chi connectivity index (χ2v) is 17.3. The number of anilines is 2. The summed E-state index contributed by atoms with van der Waals surface area (Å²) in [6.45, 7) is 7.62. The van der Waals surface area contributed by atoms with Crippen molar-refractivity contribution in [3.63, 3.8) is 0 Å². The molecule has 0 saturated heterocycles. The molecule has 6 rings (SSSR count). The van der Waals surface area contributed by atoms with Gasteiger partial charge in [-0.05, 0) is 59.6 Å². The fourth-order valence-corrected chi connectivity index (χ4v) is 11.6. The van der Waals surface area contributed by atoms with Crippen LogP contribution in [-0.4, -0.2) is 13.2 Å². The van der Waals surface area contributed by atoms with E-state index >= 15 is 0 Å². The minimum atomic E-state index is -2.00. The van der Waals surface area contributed by atoms with Gasteiger partial charge in [-0.1, -0.05) is 80.7 Å². The van der Waals surface area contributed by atoms with Crippen LogP contribution in [0.25, 0.3) is 10.9 Å². The molecular weight excluding hydrogens is 549 g/mol. The van der Waals surface area contributed by atoms with Gasteiger partial charge in [0.05, 0.1) is 5.69 Å². The first-order valence-electron chi connectivity index (χ1n) is 12.4. The van der Waals surface area contributed by atoms with E-state index in [1.54, 1.807) is 0 Å². The second-order valence-electron chi connectivity index (χ2n) is 10.3. The molecule has 3 aromatic rings. The molecule has 1 saturated carbocycles. The molecule has 3 aliphatic rings. The van der Waals surface area contributed by atoms with Crippen LogP contribution in [0.4, 0.5) is 22.7 Å². The van der Waals surface area contributed by atoms with E-state index in [-0.39, 0.29) is 7.43 Å². The summed E-state index contributed by atoms with van der Waals surface area (Å²) < 4.78 is 2.71. The Morgan fingerprint density at radius 3 is 2.14 bits per heavy atom. The van der Waals surface area contributed by atoms with Gasteiger partial charge >= 0.3 is 35.6 Å². The summed E-state index contributed by atoms with van der Waals surface area (Å²) in [6, 6.07) is 23.6. The molecule has 192 valence electrons. The Balaban J connectivity index is 0.000000765. The normalized spacial score (nSPS) is 23.2. The molecule has 1 fully saturated rings. The van der Waals surface area contributed by atoms with Gasteiger partial charge in [0.1, 0.15) is 0 Å². The third-order valence-electron chi connectivity index (χ3n) is 7.97. The molecule has 0 spiro atoms. The monoisotopic (exact) mass is 581 g/mol.